The lowest BCUT2D eigenvalue weighted by Gasteiger charge is -2.41. The summed E-state index contributed by atoms with van der Waals surface area (Å²) in [6.45, 7) is 15.2. The molecule has 1 aliphatic heterocycles. The van der Waals surface area contributed by atoms with Gasteiger partial charge in [-0.15, -0.1) is 11.3 Å². The molecule has 1 aromatic heterocycles. The molecule has 1 fully saturated rings. The van der Waals surface area contributed by atoms with E-state index in [2.05, 4.69) is 15.6 Å². The van der Waals surface area contributed by atoms with Crippen molar-refractivity contribution >= 4 is 35.0 Å². The Morgan fingerprint density at radius 2 is 1.67 bits per heavy atom. The van der Waals surface area contributed by atoms with Crippen LogP contribution in [0.1, 0.15) is 90.8 Å². The van der Waals surface area contributed by atoms with Crippen molar-refractivity contribution < 1.29 is 38.5 Å². The number of likely N-dealkylation sites (tertiary alicyclic amines) is 1. The lowest BCUT2D eigenvalue weighted by molar-refractivity contribution is -0.148. The van der Waals surface area contributed by atoms with E-state index in [0.29, 0.717) is 32.5 Å². The summed E-state index contributed by atoms with van der Waals surface area (Å²) in [5.41, 5.74) is 1.09. The van der Waals surface area contributed by atoms with Crippen molar-refractivity contribution in [3.8, 4) is 0 Å². The molecule has 9 atom stereocenters. The second kappa shape index (κ2) is 25.5. The first-order valence-corrected chi connectivity index (χ1v) is 22.5. The molecular weight excluding hydrogens is 785 g/mol. The maximum atomic E-state index is 14.5. The quantitative estimate of drug-likeness (QED) is 0.114. The number of nitrogens with zero attached hydrogens (tertiary/aromatic N) is 4. The first-order chi connectivity index (χ1) is 28.6. The van der Waals surface area contributed by atoms with E-state index in [1.165, 1.54) is 11.3 Å². The molecule has 0 bridgehead atoms. The van der Waals surface area contributed by atoms with Crippen LogP contribution in [0.4, 0.5) is 0 Å². The minimum atomic E-state index is -0.816. The molecule has 15 heteroatoms. The van der Waals surface area contributed by atoms with Crippen LogP contribution in [0.2, 0.25) is 0 Å². The van der Waals surface area contributed by atoms with Crippen molar-refractivity contribution in [3.63, 3.8) is 0 Å². The summed E-state index contributed by atoms with van der Waals surface area (Å²) in [4.78, 5) is 66.6. The van der Waals surface area contributed by atoms with E-state index in [1.807, 2.05) is 101 Å². The molecule has 2 aromatic rings. The fraction of sp³-hybridized carbons (Fsp3) is 0.711. The van der Waals surface area contributed by atoms with Crippen LogP contribution in [0.3, 0.4) is 0 Å². The molecule has 60 heavy (non-hydrogen) atoms. The second-order valence-corrected chi connectivity index (χ2v) is 17.9. The number of benzene rings is 1. The Kier molecular flexibility index (Phi) is 21.6. The van der Waals surface area contributed by atoms with E-state index < -0.39 is 36.3 Å². The highest BCUT2D eigenvalue weighted by Gasteiger charge is 2.43. The summed E-state index contributed by atoms with van der Waals surface area (Å²) in [6, 6.07) is 7.55. The van der Waals surface area contributed by atoms with Crippen LogP contribution in [-0.4, -0.2) is 146 Å². The lowest BCUT2D eigenvalue weighted by atomic mass is 9.89. The molecule has 338 valence electrons. The predicted molar refractivity (Wildman–Crippen MR) is 235 cm³/mol. The number of methoxy groups -OCH3 is 2. The molecule has 14 nitrogen and oxygen atoms in total. The van der Waals surface area contributed by atoms with Crippen molar-refractivity contribution in [2.45, 2.75) is 123 Å². The van der Waals surface area contributed by atoms with Gasteiger partial charge in [-0.2, -0.15) is 0 Å². The normalized spacial score (nSPS) is 18.4. The first-order valence-electron chi connectivity index (χ1n) is 21.7. The highest BCUT2D eigenvalue weighted by Crippen LogP contribution is 2.30. The Balaban J connectivity index is 1.77. The second-order valence-electron chi connectivity index (χ2n) is 16.9. The minimum Gasteiger partial charge on any atom is -0.394 e. The number of rotatable bonds is 26. The number of amides is 4. The highest BCUT2D eigenvalue weighted by molar-refractivity contribution is 7.09. The van der Waals surface area contributed by atoms with Gasteiger partial charge in [0.15, 0.2) is 0 Å². The van der Waals surface area contributed by atoms with Gasteiger partial charge in [-0.25, -0.2) is 4.98 Å². The van der Waals surface area contributed by atoms with Crippen LogP contribution in [-0.2, 0) is 39.8 Å². The molecular formula is C45H74N6O8S. The van der Waals surface area contributed by atoms with Gasteiger partial charge in [-0.1, -0.05) is 85.2 Å². The molecule has 3 N–H and O–H groups in total. The summed E-state index contributed by atoms with van der Waals surface area (Å²) in [5, 5.41) is 18.1. The molecule has 1 saturated heterocycles. The number of thiazole rings is 1. The van der Waals surface area contributed by atoms with Gasteiger partial charge in [0.1, 0.15) is 11.0 Å². The average Bonchev–Trinajstić information content (AvgIpc) is 3.95. The zero-order chi connectivity index (χ0) is 44.5. The zero-order valence-corrected chi connectivity index (χ0v) is 38.8. The molecule has 4 amide bonds. The van der Waals surface area contributed by atoms with Gasteiger partial charge in [-0.3, -0.25) is 24.1 Å². The minimum absolute atomic E-state index is 0.0249. The number of hydrogen-bond acceptors (Lipinski definition) is 11. The summed E-state index contributed by atoms with van der Waals surface area (Å²) in [7, 11) is 6.75. The summed E-state index contributed by atoms with van der Waals surface area (Å²) < 4.78 is 17.6. The Morgan fingerprint density at radius 1 is 0.967 bits per heavy atom. The number of carbonyl (C=O) groups excluding carboxylic acids is 4. The molecule has 0 saturated carbocycles. The Bertz CT molecular complexity index is 1580. The number of ether oxygens (including phenoxy) is 3. The number of aromatic nitrogens is 1. The number of nitrogens with one attached hydrogen (secondary N) is 2. The molecule has 1 aliphatic rings. The zero-order valence-electron chi connectivity index (χ0n) is 38.0. The third kappa shape index (κ3) is 14.0. The van der Waals surface area contributed by atoms with E-state index >= 15 is 0 Å². The number of aliphatic hydroxyl groups excluding tert-OH is 1. The predicted octanol–water partition coefficient (Wildman–Crippen LogP) is 4.57. The van der Waals surface area contributed by atoms with Gasteiger partial charge in [-0.05, 0) is 49.6 Å². The molecule has 0 spiro atoms. The largest absolute Gasteiger partial charge is 0.394 e. The molecule has 3 rings (SSSR count). The van der Waals surface area contributed by atoms with Crippen molar-refractivity contribution in [1.29, 1.82) is 0 Å². The van der Waals surface area contributed by atoms with Crippen LogP contribution < -0.4 is 10.6 Å². The van der Waals surface area contributed by atoms with Gasteiger partial charge in [0.25, 0.3) is 0 Å². The molecule has 1 aromatic carbocycles. The van der Waals surface area contributed by atoms with Gasteiger partial charge >= 0.3 is 0 Å². The third-order valence-electron chi connectivity index (χ3n) is 12.0. The summed E-state index contributed by atoms with van der Waals surface area (Å²) in [5.74, 6) is -1.68. The van der Waals surface area contributed by atoms with Gasteiger partial charge in [0.2, 0.25) is 23.6 Å². The van der Waals surface area contributed by atoms with Crippen LogP contribution in [0.15, 0.2) is 41.9 Å². The van der Waals surface area contributed by atoms with E-state index in [9.17, 15) is 19.2 Å². The fourth-order valence-corrected chi connectivity index (χ4v) is 9.25. The average molecular weight is 859 g/mol. The van der Waals surface area contributed by atoms with E-state index in [0.717, 1.165) is 23.4 Å². The third-order valence-corrected chi connectivity index (χ3v) is 12.9. The van der Waals surface area contributed by atoms with Crippen molar-refractivity contribution in [2.75, 3.05) is 61.2 Å². The number of aliphatic hydroxyl groups is 1. The van der Waals surface area contributed by atoms with E-state index in [4.69, 9.17) is 19.3 Å². The smallest absolute Gasteiger partial charge is 0.245 e. The topological polar surface area (TPSA) is 163 Å². The standard InChI is InChI=1S/C45H74N6O8S/c1-12-31(6)40(50(9)45(56)38(29(2)3)48-43(55)39(30(4)5)49(8)22-24-59-25-23-52)36(57-10)28-37(53)51-21-16-19-35(51)41(58-11)32(7)42(54)47-34(44-46-20-26-60-44)27-33-17-14-13-15-18-33/h13-15,17-18,20,26,29-32,34-36,38-41,52H,12,16,19,21-25,27-28H2,1-11H3,(H,47,54)(H,48,55)/t31-,32+,34-,35-,36+,38-,39-,40-,41+/m0/s1. The van der Waals surface area contributed by atoms with Crippen molar-refractivity contribution in [2.24, 2.45) is 23.7 Å². The Labute approximate surface area is 363 Å². The summed E-state index contributed by atoms with van der Waals surface area (Å²) >= 11 is 1.50. The monoisotopic (exact) mass is 859 g/mol. The number of carbonyl (C=O) groups is 4. The van der Waals surface area contributed by atoms with Crippen LogP contribution >= 0.6 is 11.3 Å². The van der Waals surface area contributed by atoms with E-state index in [1.54, 1.807) is 32.4 Å². The molecule has 2 heterocycles. The van der Waals surface area contributed by atoms with Gasteiger partial charge in [0.05, 0.1) is 68.5 Å². The van der Waals surface area contributed by atoms with E-state index in [-0.39, 0.29) is 73.1 Å². The van der Waals surface area contributed by atoms with Crippen LogP contribution in [0, 0.1) is 23.7 Å². The van der Waals surface area contributed by atoms with Crippen LogP contribution in [0.25, 0.3) is 0 Å². The molecule has 0 radical (unpaired) electrons. The first kappa shape index (κ1) is 50.9. The number of hydrogen-bond donors (Lipinski definition) is 3. The highest BCUT2D eigenvalue weighted by atomic mass is 32.1. The van der Waals surface area contributed by atoms with Crippen LogP contribution in [0.5, 0.6) is 0 Å². The Hall–Kier alpha value is -3.47. The SMILES string of the molecule is CC[C@H](C)[C@@H]([C@@H](CC(=O)N1CCC[C@H]1[C@H](OC)[C@@H](C)C(=O)N[C@@H](Cc1ccccc1)c1nccs1)OC)N(C)C(=O)[C@@H](NC(=O)[C@H](C(C)C)N(C)CCOCCO)C(C)C. The van der Waals surface area contributed by atoms with Crippen molar-refractivity contribution in [1.82, 2.24) is 30.3 Å². The maximum absolute atomic E-state index is 14.5. The van der Waals surface area contributed by atoms with Crippen molar-refractivity contribution in [3.05, 3.63) is 52.5 Å². The number of likely N-dealkylation sites (N-methyl/N-ethyl adjacent to an activating group) is 2. The summed E-state index contributed by atoms with van der Waals surface area (Å²) in [6.07, 6.45) is 3.34. The van der Waals surface area contributed by atoms with Gasteiger partial charge < -0.3 is 39.8 Å². The lowest BCUT2D eigenvalue weighted by Crippen LogP contribution is -2.60. The molecule has 0 aliphatic carbocycles. The maximum Gasteiger partial charge on any atom is 0.245 e. The Morgan fingerprint density at radius 3 is 2.23 bits per heavy atom. The fourth-order valence-electron chi connectivity index (χ4n) is 8.56. The van der Waals surface area contributed by atoms with Gasteiger partial charge in [0, 0.05) is 45.9 Å². The molecule has 0 unspecified atom stereocenters.